The van der Waals surface area contributed by atoms with Crippen molar-refractivity contribution < 1.29 is 9.59 Å². The number of aromatic nitrogens is 2. The molecule has 7 nitrogen and oxygen atoms in total. The number of hydrogen-bond donors (Lipinski definition) is 1. The fraction of sp³-hybridized carbons (Fsp3) is 0.421. The number of carbonyl (C=O) groups excluding carboxylic acids is 2. The highest BCUT2D eigenvalue weighted by molar-refractivity contribution is 9.10. The molecule has 27 heavy (non-hydrogen) atoms. The van der Waals surface area contributed by atoms with Crippen LogP contribution >= 0.6 is 15.9 Å². The lowest BCUT2D eigenvalue weighted by Crippen LogP contribution is -2.51. The minimum atomic E-state index is -0.00109. The van der Waals surface area contributed by atoms with E-state index < -0.39 is 0 Å². The fourth-order valence-electron chi connectivity index (χ4n) is 3.26. The van der Waals surface area contributed by atoms with E-state index in [9.17, 15) is 9.59 Å². The molecule has 1 N–H and O–H groups in total. The van der Waals surface area contributed by atoms with Gasteiger partial charge in [-0.3, -0.25) is 14.5 Å². The van der Waals surface area contributed by atoms with Gasteiger partial charge in [-0.25, -0.2) is 4.68 Å². The van der Waals surface area contributed by atoms with Crippen molar-refractivity contribution in [2.45, 2.75) is 13.3 Å². The van der Waals surface area contributed by atoms with E-state index in [1.807, 2.05) is 40.8 Å². The summed E-state index contributed by atoms with van der Waals surface area (Å²) in [5.41, 5.74) is 2.50. The summed E-state index contributed by atoms with van der Waals surface area (Å²) in [6, 6.07) is 7.87. The van der Waals surface area contributed by atoms with E-state index in [0.717, 1.165) is 15.9 Å². The van der Waals surface area contributed by atoms with Gasteiger partial charge in [-0.2, -0.15) is 5.10 Å². The summed E-state index contributed by atoms with van der Waals surface area (Å²) in [6.45, 7) is 5.03. The van der Waals surface area contributed by atoms with Gasteiger partial charge in [0.1, 0.15) is 0 Å². The summed E-state index contributed by atoms with van der Waals surface area (Å²) in [5.74, 6) is 0.00799. The van der Waals surface area contributed by atoms with E-state index in [0.29, 0.717) is 44.7 Å². The van der Waals surface area contributed by atoms with E-state index >= 15 is 0 Å². The molecule has 1 aliphatic rings. The lowest BCUT2D eigenvalue weighted by atomic mass is 10.1. The Hall–Kier alpha value is -2.19. The average Bonchev–Trinajstić information content (AvgIpc) is 3.12. The van der Waals surface area contributed by atoms with Gasteiger partial charge >= 0.3 is 0 Å². The molecule has 0 spiro atoms. The molecular weight excluding hydrogens is 410 g/mol. The van der Waals surface area contributed by atoms with Gasteiger partial charge < -0.3 is 10.2 Å². The van der Waals surface area contributed by atoms with E-state index in [-0.39, 0.29) is 11.8 Å². The van der Waals surface area contributed by atoms with Gasteiger partial charge in [-0.05, 0) is 30.7 Å². The molecule has 0 unspecified atom stereocenters. The summed E-state index contributed by atoms with van der Waals surface area (Å²) in [4.78, 5) is 28.5. The maximum absolute atomic E-state index is 13.0. The van der Waals surface area contributed by atoms with Crippen LogP contribution in [0.3, 0.4) is 0 Å². The average molecular weight is 434 g/mol. The quantitative estimate of drug-likeness (QED) is 0.778. The zero-order chi connectivity index (χ0) is 19.4. The van der Waals surface area contributed by atoms with E-state index in [1.165, 1.54) is 0 Å². The molecule has 0 radical (unpaired) electrons. The standard InChI is InChI=1S/C19H24BrN5O2/c1-3-17-16(12-22-25(17)15-6-4-14(20)5-7-15)19(27)24-10-8-23(9-11-24)13-18(26)21-2/h4-7,12H,3,8-11,13H2,1-2H3,(H,21,26). The number of rotatable bonds is 5. The molecule has 8 heteroatoms. The highest BCUT2D eigenvalue weighted by atomic mass is 79.9. The molecule has 0 aliphatic carbocycles. The highest BCUT2D eigenvalue weighted by Crippen LogP contribution is 2.20. The Bertz CT molecular complexity index is 810. The molecule has 2 aromatic rings. The van der Waals surface area contributed by atoms with Crippen molar-refractivity contribution in [3.05, 3.63) is 46.2 Å². The molecule has 3 rings (SSSR count). The van der Waals surface area contributed by atoms with Crippen molar-refractivity contribution in [2.75, 3.05) is 39.8 Å². The molecule has 0 bridgehead atoms. The minimum absolute atomic E-state index is 0.00109. The summed E-state index contributed by atoms with van der Waals surface area (Å²) < 4.78 is 2.84. The molecule has 0 saturated carbocycles. The van der Waals surface area contributed by atoms with Gasteiger partial charge in [0.2, 0.25) is 5.91 Å². The van der Waals surface area contributed by atoms with Crippen molar-refractivity contribution in [3.63, 3.8) is 0 Å². The summed E-state index contributed by atoms with van der Waals surface area (Å²) in [5, 5.41) is 7.09. The lowest BCUT2D eigenvalue weighted by Gasteiger charge is -2.34. The largest absolute Gasteiger partial charge is 0.358 e. The van der Waals surface area contributed by atoms with Crippen LogP contribution in [0.2, 0.25) is 0 Å². The lowest BCUT2D eigenvalue weighted by molar-refractivity contribution is -0.122. The molecule has 1 aromatic heterocycles. The van der Waals surface area contributed by atoms with Gasteiger partial charge in [0, 0.05) is 37.7 Å². The van der Waals surface area contributed by atoms with Crippen LogP contribution in [-0.4, -0.2) is 71.2 Å². The molecule has 144 valence electrons. The smallest absolute Gasteiger partial charge is 0.257 e. The predicted octanol–water partition coefficient (Wildman–Crippen LogP) is 1.70. The molecule has 0 atom stereocenters. The summed E-state index contributed by atoms with van der Waals surface area (Å²) in [6.07, 6.45) is 2.38. The van der Waals surface area contributed by atoms with E-state index in [4.69, 9.17) is 0 Å². The first-order valence-electron chi connectivity index (χ1n) is 9.08. The Kier molecular flexibility index (Phi) is 6.28. The third kappa shape index (κ3) is 4.39. The maximum Gasteiger partial charge on any atom is 0.257 e. The first-order chi connectivity index (χ1) is 13.0. The van der Waals surface area contributed by atoms with Crippen LogP contribution in [0, 0.1) is 0 Å². The topological polar surface area (TPSA) is 70.5 Å². The third-order valence-corrected chi connectivity index (χ3v) is 5.34. The number of nitrogens with one attached hydrogen (secondary N) is 1. The van der Waals surface area contributed by atoms with Gasteiger partial charge in [0.25, 0.3) is 5.91 Å². The Balaban J connectivity index is 1.72. The second-order valence-electron chi connectivity index (χ2n) is 6.49. The number of hydrogen-bond acceptors (Lipinski definition) is 4. The summed E-state index contributed by atoms with van der Waals surface area (Å²) in [7, 11) is 1.64. The van der Waals surface area contributed by atoms with Gasteiger partial charge in [-0.15, -0.1) is 0 Å². The number of amides is 2. The second kappa shape index (κ2) is 8.67. The zero-order valence-corrected chi connectivity index (χ0v) is 17.2. The van der Waals surface area contributed by atoms with Crippen LogP contribution in [0.25, 0.3) is 5.69 Å². The first kappa shape index (κ1) is 19.6. The Labute approximate surface area is 167 Å². The first-order valence-corrected chi connectivity index (χ1v) is 9.87. The maximum atomic E-state index is 13.0. The molecular formula is C19H24BrN5O2. The molecule has 1 saturated heterocycles. The molecule has 1 aromatic carbocycles. The van der Waals surface area contributed by atoms with Crippen LogP contribution in [0.15, 0.2) is 34.9 Å². The molecule has 2 amide bonds. The Morgan fingerprint density at radius 1 is 1.15 bits per heavy atom. The molecule has 1 fully saturated rings. The number of halogens is 1. The van der Waals surface area contributed by atoms with Crippen molar-refractivity contribution in [1.82, 2.24) is 24.9 Å². The predicted molar refractivity (Wildman–Crippen MR) is 107 cm³/mol. The number of piperazine rings is 1. The zero-order valence-electron chi connectivity index (χ0n) is 15.6. The van der Waals surface area contributed by atoms with Crippen LogP contribution in [-0.2, 0) is 11.2 Å². The SMILES string of the molecule is CCc1c(C(=O)N2CCN(CC(=O)NC)CC2)cnn1-c1ccc(Br)cc1. The monoisotopic (exact) mass is 433 g/mol. The number of likely N-dealkylation sites (N-methyl/N-ethyl adjacent to an activating group) is 1. The van der Waals surface area contributed by atoms with Gasteiger partial charge in [0.15, 0.2) is 0 Å². The third-order valence-electron chi connectivity index (χ3n) is 4.81. The van der Waals surface area contributed by atoms with Crippen LogP contribution in [0.5, 0.6) is 0 Å². The van der Waals surface area contributed by atoms with Crippen LogP contribution < -0.4 is 5.32 Å². The van der Waals surface area contributed by atoms with Crippen molar-refractivity contribution >= 4 is 27.7 Å². The van der Waals surface area contributed by atoms with E-state index in [1.54, 1.807) is 13.2 Å². The van der Waals surface area contributed by atoms with Gasteiger partial charge in [-0.1, -0.05) is 22.9 Å². The van der Waals surface area contributed by atoms with Crippen LogP contribution in [0.1, 0.15) is 23.0 Å². The van der Waals surface area contributed by atoms with Crippen molar-refractivity contribution in [3.8, 4) is 5.69 Å². The highest BCUT2D eigenvalue weighted by Gasteiger charge is 2.26. The minimum Gasteiger partial charge on any atom is -0.358 e. The normalized spacial score (nSPS) is 15.0. The Morgan fingerprint density at radius 2 is 1.81 bits per heavy atom. The second-order valence-corrected chi connectivity index (χ2v) is 7.40. The number of carbonyl (C=O) groups is 2. The Morgan fingerprint density at radius 3 is 2.41 bits per heavy atom. The van der Waals surface area contributed by atoms with Gasteiger partial charge in [0.05, 0.1) is 29.7 Å². The molecule has 2 heterocycles. The van der Waals surface area contributed by atoms with Crippen molar-refractivity contribution in [1.29, 1.82) is 0 Å². The van der Waals surface area contributed by atoms with Crippen LogP contribution in [0.4, 0.5) is 0 Å². The number of benzene rings is 1. The fourth-order valence-corrected chi connectivity index (χ4v) is 3.52. The molecule has 1 aliphatic heterocycles. The van der Waals surface area contributed by atoms with E-state index in [2.05, 4.69) is 31.2 Å². The number of nitrogens with zero attached hydrogens (tertiary/aromatic N) is 4. The van der Waals surface area contributed by atoms with Crippen molar-refractivity contribution in [2.24, 2.45) is 0 Å². The summed E-state index contributed by atoms with van der Waals surface area (Å²) >= 11 is 3.44.